The topological polar surface area (TPSA) is 73.5 Å². The maximum absolute atomic E-state index is 8.85. The van der Waals surface area contributed by atoms with Crippen molar-refractivity contribution in [1.29, 1.82) is 5.26 Å². The van der Waals surface area contributed by atoms with Crippen LogP contribution in [-0.4, -0.2) is 17.4 Å². The largest absolute Gasteiger partial charge is 0.707 e. The van der Waals surface area contributed by atoms with Gasteiger partial charge in [0, 0.05) is 5.56 Å². The molecule has 0 heterocycles. The number of nitrogens with zero attached hydrogens (tertiary/aromatic N) is 1. The van der Waals surface area contributed by atoms with Crippen molar-refractivity contribution in [3.8, 4) is 22.9 Å². The zero-order chi connectivity index (χ0) is 13.0. The summed E-state index contributed by atoms with van der Waals surface area (Å²) in [7, 11) is -1.86. The first-order valence-electron chi connectivity index (χ1n) is 5.33. The quantitative estimate of drug-likeness (QED) is 0.797. The van der Waals surface area contributed by atoms with Gasteiger partial charge in [0.15, 0.2) is 0 Å². The second kappa shape index (κ2) is 5.36. The highest BCUT2D eigenvalue weighted by Crippen LogP contribution is 2.29. The van der Waals surface area contributed by atoms with Crippen LogP contribution in [0.3, 0.4) is 0 Å². The van der Waals surface area contributed by atoms with Crippen LogP contribution in [0.15, 0.2) is 48.5 Å². The molecule has 18 heavy (non-hydrogen) atoms. The summed E-state index contributed by atoms with van der Waals surface area (Å²) in [5, 5.41) is 26.4. The molecule has 2 aromatic carbocycles. The number of hydrogen-bond donors (Lipinski definition) is 2. The molecule has 4 nitrogen and oxygen atoms in total. The van der Waals surface area contributed by atoms with Crippen molar-refractivity contribution in [3.63, 3.8) is 0 Å². The number of rotatable bonds is 3. The molecule has 0 saturated heterocycles. The van der Waals surface area contributed by atoms with Gasteiger partial charge < -0.3 is 14.7 Å². The smallest absolute Gasteiger partial charge is 0.512 e. The normalized spacial score (nSPS) is 9.61. The Hall–Kier alpha value is -2.29. The van der Waals surface area contributed by atoms with Gasteiger partial charge in [-0.25, -0.2) is 0 Å². The Morgan fingerprint density at radius 2 is 1.67 bits per heavy atom. The van der Waals surface area contributed by atoms with Crippen molar-refractivity contribution in [1.82, 2.24) is 0 Å². The van der Waals surface area contributed by atoms with E-state index in [9.17, 15) is 0 Å². The summed E-state index contributed by atoms with van der Waals surface area (Å²) in [5.41, 5.74) is 2.14. The van der Waals surface area contributed by atoms with Crippen molar-refractivity contribution in [2.45, 2.75) is 0 Å². The van der Waals surface area contributed by atoms with E-state index in [1.807, 2.05) is 12.1 Å². The van der Waals surface area contributed by atoms with Crippen LogP contribution < -0.4 is 4.65 Å². The van der Waals surface area contributed by atoms with Crippen molar-refractivity contribution in [2.24, 2.45) is 0 Å². The number of hydrogen-bond acceptors (Lipinski definition) is 4. The van der Waals surface area contributed by atoms with Gasteiger partial charge in [-0.15, -0.1) is 0 Å². The molecule has 0 spiro atoms. The average Bonchev–Trinajstić information content (AvgIpc) is 2.39. The van der Waals surface area contributed by atoms with E-state index in [4.69, 9.17) is 20.0 Å². The number of nitriles is 1. The first-order chi connectivity index (χ1) is 8.70. The zero-order valence-electron chi connectivity index (χ0n) is 9.45. The van der Waals surface area contributed by atoms with Crippen LogP contribution in [0.2, 0.25) is 0 Å². The van der Waals surface area contributed by atoms with Gasteiger partial charge >= 0.3 is 7.32 Å². The van der Waals surface area contributed by atoms with Crippen molar-refractivity contribution in [3.05, 3.63) is 54.1 Å². The molecule has 5 heteroatoms. The molecule has 0 bridgehead atoms. The monoisotopic (exact) mass is 239 g/mol. The van der Waals surface area contributed by atoms with Crippen LogP contribution >= 0.6 is 0 Å². The molecule has 0 saturated carbocycles. The lowest BCUT2D eigenvalue weighted by atomic mass is 10.0. The molecule has 2 N–H and O–H groups in total. The van der Waals surface area contributed by atoms with E-state index in [-0.39, 0.29) is 0 Å². The molecular weight excluding hydrogens is 229 g/mol. The maximum atomic E-state index is 8.85. The molecule has 0 atom stereocenters. The van der Waals surface area contributed by atoms with Crippen LogP contribution in [0, 0.1) is 11.3 Å². The SMILES string of the molecule is N#Cc1ccc(-c2ccccc2OB(O)O)cc1. The average molecular weight is 239 g/mol. The lowest BCUT2D eigenvalue weighted by molar-refractivity contribution is 0.288. The number of para-hydroxylation sites is 1. The van der Waals surface area contributed by atoms with Gasteiger partial charge in [-0.2, -0.15) is 5.26 Å². The molecule has 0 aromatic heterocycles. The third kappa shape index (κ3) is 2.69. The Balaban J connectivity index is 2.40. The van der Waals surface area contributed by atoms with E-state index in [1.165, 1.54) is 0 Å². The summed E-state index contributed by atoms with van der Waals surface area (Å²) in [6, 6.07) is 16.0. The summed E-state index contributed by atoms with van der Waals surface area (Å²) in [6.45, 7) is 0. The van der Waals surface area contributed by atoms with Gasteiger partial charge in [-0.3, -0.25) is 0 Å². The highest BCUT2D eigenvalue weighted by molar-refractivity contribution is 6.34. The maximum Gasteiger partial charge on any atom is 0.707 e. The number of benzene rings is 2. The Morgan fingerprint density at radius 3 is 2.28 bits per heavy atom. The Morgan fingerprint density at radius 1 is 1.00 bits per heavy atom. The lowest BCUT2D eigenvalue weighted by Gasteiger charge is -2.10. The summed E-state index contributed by atoms with van der Waals surface area (Å²) >= 11 is 0. The molecule has 0 fully saturated rings. The molecule has 88 valence electrons. The first kappa shape index (κ1) is 12.2. The second-order valence-electron chi connectivity index (χ2n) is 3.63. The third-order valence-corrected chi connectivity index (χ3v) is 2.44. The van der Waals surface area contributed by atoms with E-state index in [0.717, 1.165) is 11.1 Å². The van der Waals surface area contributed by atoms with Crippen LogP contribution in [-0.2, 0) is 0 Å². The minimum absolute atomic E-state index is 0.372. The molecule has 0 unspecified atom stereocenters. The van der Waals surface area contributed by atoms with Crippen LogP contribution in [0.1, 0.15) is 5.56 Å². The van der Waals surface area contributed by atoms with Gasteiger partial charge in [0.25, 0.3) is 0 Å². The summed E-state index contributed by atoms with van der Waals surface area (Å²) in [4.78, 5) is 0. The molecule has 0 aliphatic heterocycles. The van der Waals surface area contributed by atoms with E-state index in [2.05, 4.69) is 0 Å². The third-order valence-electron chi connectivity index (χ3n) is 2.44. The standard InChI is InChI=1S/C13H10BNO3/c15-9-10-5-7-11(8-6-10)12-3-1-2-4-13(12)18-14(16)17/h1-8,16-17H. The van der Waals surface area contributed by atoms with Gasteiger partial charge in [0.1, 0.15) is 5.75 Å². The lowest BCUT2D eigenvalue weighted by Crippen LogP contribution is -2.20. The molecule has 2 aromatic rings. The molecule has 0 amide bonds. The zero-order valence-corrected chi connectivity index (χ0v) is 9.45. The van der Waals surface area contributed by atoms with Crippen LogP contribution in [0.4, 0.5) is 0 Å². The molecule has 2 rings (SSSR count). The fourth-order valence-electron chi connectivity index (χ4n) is 1.65. The van der Waals surface area contributed by atoms with E-state index >= 15 is 0 Å². The highest BCUT2D eigenvalue weighted by atomic mass is 16.6. The van der Waals surface area contributed by atoms with Crippen LogP contribution in [0.5, 0.6) is 5.75 Å². The van der Waals surface area contributed by atoms with Crippen molar-refractivity contribution >= 4 is 7.32 Å². The fourth-order valence-corrected chi connectivity index (χ4v) is 1.65. The Bertz CT molecular complexity index is 576. The van der Waals surface area contributed by atoms with Crippen molar-refractivity contribution < 1.29 is 14.7 Å². The first-order valence-corrected chi connectivity index (χ1v) is 5.33. The van der Waals surface area contributed by atoms with E-state index < -0.39 is 7.32 Å². The summed E-state index contributed by atoms with van der Waals surface area (Å²) in [6.07, 6.45) is 0. The van der Waals surface area contributed by atoms with Gasteiger partial charge in [-0.1, -0.05) is 30.3 Å². The molecule has 0 aliphatic carbocycles. The van der Waals surface area contributed by atoms with E-state index in [0.29, 0.717) is 11.3 Å². The van der Waals surface area contributed by atoms with Crippen LogP contribution in [0.25, 0.3) is 11.1 Å². The Labute approximate surface area is 105 Å². The van der Waals surface area contributed by atoms with Gasteiger partial charge in [0.2, 0.25) is 0 Å². The highest BCUT2D eigenvalue weighted by Gasteiger charge is 2.14. The Kier molecular flexibility index (Phi) is 3.63. The summed E-state index contributed by atoms with van der Waals surface area (Å²) in [5.74, 6) is 0.372. The summed E-state index contributed by atoms with van der Waals surface area (Å²) < 4.78 is 4.90. The second-order valence-corrected chi connectivity index (χ2v) is 3.63. The predicted molar refractivity (Wildman–Crippen MR) is 67.4 cm³/mol. The molecule has 0 aliphatic rings. The fraction of sp³-hybridized carbons (Fsp3) is 0. The van der Waals surface area contributed by atoms with Gasteiger partial charge in [0.05, 0.1) is 11.6 Å². The molecule has 0 radical (unpaired) electrons. The van der Waals surface area contributed by atoms with Crippen molar-refractivity contribution in [2.75, 3.05) is 0 Å². The predicted octanol–water partition coefficient (Wildman–Crippen LogP) is 1.57. The molecular formula is C13H10BNO3. The van der Waals surface area contributed by atoms with E-state index in [1.54, 1.807) is 42.5 Å². The van der Waals surface area contributed by atoms with Gasteiger partial charge in [-0.05, 0) is 23.8 Å². The minimum Gasteiger partial charge on any atom is -0.512 e. The minimum atomic E-state index is -1.86.